The molecular formula is C45H14F23N3. The number of nitrogens with zero attached hydrogens (tertiary/aromatic N) is 3. The zero-order valence-electron chi connectivity index (χ0n) is 33.6. The van der Waals surface area contributed by atoms with Crippen LogP contribution in [0.3, 0.4) is 0 Å². The number of hydrogen-bond acceptors (Lipinski definition) is 2. The highest BCUT2D eigenvalue weighted by atomic mass is 19.4. The quantitative estimate of drug-likeness (QED) is 0.116. The fourth-order valence-electron chi connectivity index (χ4n) is 7.77. The molecule has 0 aliphatic carbocycles. The van der Waals surface area contributed by atoms with Gasteiger partial charge < -0.3 is 4.57 Å². The van der Waals surface area contributed by atoms with Crippen LogP contribution in [0.2, 0.25) is 0 Å². The van der Waals surface area contributed by atoms with Gasteiger partial charge in [-0.3, -0.25) is 9.80 Å². The molecule has 0 amide bonds. The number of halogens is 23. The van der Waals surface area contributed by atoms with Crippen LogP contribution < -0.4 is 9.80 Å². The van der Waals surface area contributed by atoms with Crippen molar-refractivity contribution in [1.82, 2.24) is 4.57 Å². The third kappa shape index (κ3) is 7.82. The number of anilines is 6. The molecule has 0 bridgehead atoms. The van der Waals surface area contributed by atoms with Crippen molar-refractivity contribution in [3.05, 3.63) is 183 Å². The lowest BCUT2D eigenvalue weighted by Crippen LogP contribution is -2.25. The summed E-state index contributed by atoms with van der Waals surface area (Å²) in [4.78, 5) is -2.07. The topological polar surface area (TPSA) is 11.4 Å². The van der Waals surface area contributed by atoms with E-state index >= 15 is 61.5 Å². The molecule has 370 valence electrons. The Morgan fingerprint density at radius 3 is 1.21 bits per heavy atom. The number of aromatic nitrogens is 1. The van der Waals surface area contributed by atoms with E-state index in [4.69, 9.17) is 0 Å². The van der Waals surface area contributed by atoms with Crippen LogP contribution in [-0.4, -0.2) is 4.57 Å². The lowest BCUT2D eigenvalue weighted by atomic mass is 10.0. The van der Waals surface area contributed by atoms with E-state index in [9.17, 15) is 39.5 Å². The molecule has 3 nitrogen and oxygen atoms in total. The summed E-state index contributed by atoms with van der Waals surface area (Å²) >= 11 is 0. The maximum atomic E-state index is 17.0. The van der Waals surface area contributed by atoms with Gasteiger partial charge in [0.1, 0.15) is 39.6 Å². The third-order valence-corrected chi connectivity index (χ3v) is 10.7. The first-order chi connectivity index (χ1) is 33.0. The summed E-state index contributed by atoms with van der Waals surface area (Å²) in [6.45, 7) is 0. The van der Waals surface area contributed by atoms with E-state index < -0.39 is 173 Å². The van der Waals surface area contributed by atoms with Gasteiger partial charge in [0.15, 0.2) is 75.6 Å². The second-order valence-electron chi connectivity index (χ2n) is 14.7. The Labute approximate surface area is 378 Å². The van der Waals surface area contributed by atoms with Crippen LogP contribution >= 0.6 is 0 Å². The van der Waals surface area contributed by atoms with Crippen LogP contribution in [0, 0.1) is 81.4 Å². The largest absolute Gasteiger partial charge is 0.422 e. The summed E-state index contributed by atoms with van der Waals surface area (Å²) in [5, 5.41) is 0.468. The monoisotopic (exact) mass is 1030 g/mol. The Morgan fingerprint density at radius 1 is 0.324 bits per heavy atom. The zero-order valence-corrected chi connectivity index (χ0v) is 33.6. The minimum atomic E-state index is -6.41. The van der Waals surface area contributed by atoms with Crippen LogP contribution in [0.25, 0.3) is 27.5 Å². The number of para-hydroxylation sites is 2. The zero-order chi connectivity index (χ0) is 52.3. The van der Waals surface area contributed by atoms with Gasteiger partial charge in [-0.25, -0.2) is 61.5 Å². The highest BCUT2D eigenvalue weighted by Gasteiger charge is 2.47. The first kappa shape index (κ1) is 49.7. The molecule has 71 heavy (non-hydrogen) atoms. The van der Waals surface area contributed by atoms with Gasteiger partial charge >= 0.3 is 18.5 Å². The summed E-state index contributed by atoms with van der Waals surface area (Å²) in [6.07, 6.45) is -18.9. The van der Waals surface area contributed by atoms with E-state index in [2.05, 4.69) is 0 Å². The molecule has 0 aliphatic heterocycles. The minimum Gasteiger partial charge on any atom is -0.309 e. The number of alkyl halides is 9. The number of rotatable bonds is 7. The van der Waals surface area contributed by atoms with Crippen LogP contribution in [0.1, 0.15) is 16.7 Å². The molecule has 0 saturated carbocycles. The van der Waals surface area contributed by atoms with Gasteiger partial charge in [-0.05, 0) is 30.3 Å². The normalized spacial score (nSPS) is 12.4. The molecule has 1 aromatic heterocycles. The molecule has 8 aromatic rings. The Kier molecular flexibility index (Phi) is 11.9. The summed E-state index contributed by atoms with van der Waals surface area (Å²) in [5.74, 6) is -45.9. The molecule has 1 heterocycles. The average molecular weight is 1030 g/mol. The van der Waals surface area contributed by atoms with Gasteiger partial charge in [-0.2, -0.15) is 39.5 Å². The Morgan fingerprint density at radius 2 is 0.718 bits per heavy atom. The molecule has 0 aliphatic rings. The average Bonchev–Trinajstić information content (AvgIpc) is 3.61. The smallest absolute Gasteiger partial charge is 0.309 e. The predicted octanol–water partition coefficient (Wildman–Crippen LogP) is 16.7. The minimum absolute atomic E-state index is 0.134. The Bertz CT molecular complexity index is 3450. The maximum absolute atomic E-state index is 17.0. The first-order valence-electron chi connectivity index (χ1n) is 19.0. The van der Waals surface area contributed by atoms with E-state index in [1.165, 1.54) is 59.2 Å². The van der Waals surface area contributed by atoms with E-state index in [1.807, 2.05) is 0 Å². The number of fused-ring (bicyclic) bond motifs is 3. The Hall–Kier alpha value is -7.67. The van der Waals surface area contributed by atoms with Crippen molar-refractivity contribution < 1.29 is 101 Å². The lowest BCUT2D eigenvalue weighted by molar-refractivity contribution is -0.144. The van der Waals surface area contributed by atoms with Crippen LogP contribution in [0.4, 0.5) is 135 Å². The van der Waals surface area contributed by atoms with Crippen molar-refractivity contribution in [2.45, 2.75) is 18.5 Å². The second-order valence-corrected chi connectivity index (χ2v) is 14.7. The van der Waals surface area contributed by atoms with Crippen molar-refractivity contribution in [2.75, 3.05) is 9.80 Å². The predicted molar refractivity (Wildman–Crippen MR) is 205 cm³/mol. The van der Waals surface area contributed by atoms with Gasteiger partial charge in [0.25, 0.3) is 0 Å². The fourth-order valence-corrected chi connectivity index (χ4v) is 7.77. The van der Waals surface area contributed by atoms with E-state index in [0.717, 1.165) is 6.07 Å². The van der Waals surface area contributed by atoms with Gasteiger partial charge in [-0.15, -0.1) is 0 Å². The molecular weight excluding hydrogens is 1020 g/mol. The molecule has 0 saturated heterocycles. The molecule has 0 fully saturated rings. The van der Waals surface area contributed by atoms with Gasteiger partial charge in [0.05, 0.1) is 22.4 Å². The molecule has 8 rings (SSSR count). The summed E-state index contributed by atoms with van der Waals surface area (Å²) in [5.41, 5.74) is -24.1. The Balaban J connectivity index is 1.50. The highest BCUT2D eigenvalue weighted by molar-refractivity contribution is 6.10. The van der Waals surface area contributed by atoms with Crippen LogP contribution in [0.15, 0.2) is 84.9 Å². The maximum Gasteiger partial charge on any atom is 0.422 e. The van der Waals surface area contributed by atoms with Crippen molar-refractivity contribution in [2.24, 2.45) is 0 Å². The number of benzene rings is 7. The lowest BCUT2D eigenvalue weighted by Gasteiger charge is -2.31. The number of hydrogen-bond donors (Lipinski definition) is 0. The molecule has 0 unspecified atom stereocenters. The van der Waals surface area contributed by atoms with Crippen molar-refractivity contribution in [1.29, 1.82) is 0 Å². The van der Waals surface area contributed by atoms with Crippen molar-refractivity contribution in [3.63, 3.8) is 0 Å². The highest BCUT2D eigenvalue weighted by Crippen LogP contribution is 2.52. The summed E-state index contributed by atoms with van der Waals surface area (Å²) in [6, 6.07) is 13.9. The molecule has 0 spiro atoms. The molecule has 0 atom stereocenters. The first-order valence-corrected chi connectivity index (χ1v) is 19.0. The van der Waals surface area contributed by atoms with Crippen molar-refractivity contribution >= 4 is 55.9 Å². The van der Waals surface area contributed by atoms with E-state index in [0.29, 0.717) is 17.5 Å². The van der Waals surface area contributed by atoms with E-state index in [-0.39, 0.29) is 22.1 Å². The molecule has 26 heteroatoms. The third-order valence-electron chi connectivity index (χ3n) is 10.7. The molecule has 7 aromatic carbocycles. The van der Waals surface area contributed by atoms with Gasteiger partial charge in [0, 0.05) is 34.3 Å². The fraction of sp³-hybridized carbons (Fsp3) is 0.0667. The van der Waals surface area contributed by atoms with Gasteiger partial charge in [0.2, 0.25) is 0 Å². The SMILES string of the molecule is Fc1cc(N(c2cc(F)c(C(F)(F)F)c(F)c2F)c2c(F)c(F)c(C(F)(F)F)c(F)c2F)c(F)c(F)c1N(c1ccc2c3ccccc3n(-c3ccccc3)c2c1)c1c(F)c(F)c(C(F)(F)F)c(F)c1F. The van der Waals surface area contributed by atoms with Crippen molar-refractivity contribution in [3.8, 4) is 5.69 Å². The molecule has 0 N–H and O–H groups in total. The molecule has 0 radical (unpaired) electrons. The van der Waals surface area contributed by atoms with Gasteiger partial charge in [-0.1, -0.05) is 42.5 Å². The second kappa shape index (κ2) is 17.0. The van der Waals surface area contributed by atoms with Crippen LogP contribution in [-0.2, 0) is 18.5 Å². The van der Waals surface area contributed by atoms with E-state index in [1.54, 1.807) is 0 Å². The summed E-state index contributed by atoms with van der Waals surface area (Å²) < 4.78 is 345. The summed E-state index contributed by atoms with van der Waals surface area (Å²) in [7, 11) is 0. The standard InChI is InChI=1S/C45H14F23N3/c46-19-13-23(28(48)30(50)25(19)43(60,61)62)71(42-38(58)33(53)27(45(66,67)68)34(54)39(42)59)24-14-20(47)40(35(55)29(24)49)70(41-36(56)31(51)26(44(63,64)65)32(52)37(41)57)16-10-11-18-17-8-4-5-9-21(17)69(22(18)12-16)15-6-2-1-3-7-15/h1-14H. The van der Waals surface area contributed by atoms with Crippen LogP contribution in [0.5, 0.6) is 0 Å².